The fourth-order valence-electron chi connectivity index (χ4n) is 10.3. The number of H-pyrrole nitrogens is 1. The van der Waals surface area contributed by atoms with Gasteiger partial charge in [-0.25, -0.2) is 0 Å². The van der Waals surface area contributed by atoms with Crippen LogP contribution in [0.4, 0.5) is 0 Å². The normalized spacial score (nSPS) is 25.2. The molecule has 2 heterocycles. The van der Waals surface area contributed by atoms with Crippen LogP contribution in [0.3, 0.4) is 0 Å². The first-order valence-electron chi connectivity index (χ1n) is 17.2. The van der Waals surface area contributed by atoms with Gasteiger partial charge >= 0.3 is 0 Å². The molecular weight excluding hydrogens is 582 g/mol. The van der Waals surface area contributed by atoms with Gasteiger partial charge in [-0.2, -0.15) is 10.4 Å². The zero-order valence-electron chi connectivity index (χ0n) is 31.9. The van der Waals surface area contributed by atoms with Crippen LogP contribution in [-0.2, 0) is 0 Å². The number of amides is 1. The number of fused-ring (bicyclic) bond motifs is 1. The van der Waals surface area contributed by atoms with E-state index in [1.807, 2.05) is 105 Å². The van der Waals surface area contributed by atoms with Gasteiger partial charge in [0.1, 0.15) is 17.2 Å². The van der Waals surface area contributed by atoms with Gasteiger partial charge in [0.2, 0.25) is 0 Å². The van der Waals surface area contributed by atoms with E-state index >= 15 is 0 Å². The van der Waals surface area contributed by atoms with E-state index in [4.69, 9.17) is 4.74 Å². The van der Waals surface area contributed by atoms with Gasteiger partial charge < -0.3 is 9.64 Å². The summed E-state index contributed by atoms with van der Waals surface area (Å²) in [5.74, 6) is 1.22. The second kappa shape index (κ2) is 12.3. The minimum Gasteiger partial charge on any atom is -0.457 e. The number of benzene rings is 2. The molecule has 256 valence electrons. The number of para-hydroxylation sites is 2. The Morgan fingerprint density at radius 1 is 0.787 bits per heavy atom. The average molecular weight is 642 g/mol. The smallest absolute Gasteiger partial charge is 0.272 e. The van der Waals surface area contributed by atoms with Crippen LogP contribution in [0, 0.1) is 33.1 Å². The number of aromatic amines is 1. The number of nitrogens with one attached hydrogen (secondary N) is 1. The Balaban J connectivity index is 0.00000144. The van der Waals surface area contributed by atoms with Gasteiger partial charge in [0.15, 0.2) is 6.19 Å². The molecule has 1 aliphatic carbocycles. The molecule has 0 spiro atoms. The lowest BCUT2D eigenvalue weighted by Crippen LogP contribution is -2.73. The van der Waals surface area contributed by atoms with E-state index in [2.05, 4.69) is 92.6 Å². The van der Waals surface area contributed by atoms with E-state index in [9.17, 15) is 10.1 Å². The fourth-order valence-corrected chi connectivity index (χ4v) is 10.3. The highest BCUT2D eigenvalue weighted by Gasteiger charge is 2.90. The molecule has 7 nitrogen and oxygen atoms in total. The van der Waals surface area contributed by atoms with Gasteiger partial charge in [-0.05, 0) is 74.3 Å². The minimum atomic E-state index is -0.754. The summed E-state index contributed by atoms with van der Waals surface area (Å²) in [5.41, 5.74) is -1.57. The van der Waals surface area contributed by atoms with Crippen molar-refractivity contribution < 1.29 is 9.53 Å². The Morgan fingerprint density at radius 3 is 1.87 bits per heavy atom. The van der Waals surface area contributed by atoms with Crippen molar-refractivity contribution >= 4 is 5.91 Å². The number of likely N-dealkylation sites (N-methyl/N-ethyl adjacent to an activating group) is 1. The molecule has 2 aromatic carbocycles. The lowest BCUT2D eigenvalue weighted by Gasteiger charge is -2.60. The number of rotatable bonds is 5. The van der Waals surface area contributed by atoms with Gasteiger partial charge in [0.25, 0.3) is 5.91 Å². The highest BCUT2D eigenvalue weighted by atomic mass is 16.5. The van der Waals surface area contributed by atoms with Gasteiger partial charge in [0, 0.05) is 18.0 Å². The van der Waals surface area contributed by atoms with Gasteiger partial charge in [0.05, 0.1) is 22.3 Å². The first-order valence-corrected chi connectivity index (χ1v) is 17.2. The van der Waals surface area contributed by atoms with Crippen molar-refractivity contribution in [3.8, 4) is 28.9 Å². The Bertz CT molecular complexity index is 1610. The van der Waals surface area contributed by atoms with Gasteiger partial charge in [-0.3, -0.25) is 14.8 Å². The summed E-state index contributed by atoms with van der Waals surface area (Å²) in [6.45, 7) is 32.8. The molecule has 5 rings (SSSR count). The van der Waals surface area contributed by atoms with Crippen LogP contribution in [0.2, 0.25) is 0 Å². The van der Waals surface area contributed by atoms with Crippen molar-refractivity contribution in [2.75, 3.05) is 7.05 Å². The van der Waals surface area contributed by atoms with Crippen LogP contribution in [0.15, 0.2) is 60.7 Å². The van der Waals surface area contributed by atoms with E-state index in [-0.39, 0.29) is 16.7 Å². The van der Waals surface area contributed by atoms with Crippen molar-refractivity contribution in [1.29, 1.82) is 5.26 Å². The molecule has 1 aliphatic heterocycles. The van der Waals surface area contributed by atoms with Crippen LogP contribution in [0.5, 0.6) is 11.5 Å². The second-order valence-corrected chi connectivity index (χ2v) is 15.2. The third-order valence-electron chi connectivity index (χ3n) is 13.1. The highest BCUT2D eigenvalue weighted by Crippen LogP contribution is 2.84. The molecule has 1 N–H and O–H groups in total. The molecule has 0 radical (unpaired) electrons. The van der Waals surface area contributed by atoms with Gasteiger partial charge in [-0.1, -0.05) is 106 Å². The standard InChI is InChI=1S/C36H47N5O2.2C2H6/c1-30(2)31(3,4)35(11)33(7,8)41(23-37)34(9,10)36(35,32(30,5)6)40(12)29(42)27-22-26(38-39-27)25-20-16-17-21-28(25)43-24-18-14-13-15-19-24;2*1-2/h13-22H,1-12H3,(H,38,39);2*1-2H3/t35-,36-;;/m0../s1. The molecule has 0 bridgehead atoms. The fraction of sp³-hybridized carbons (Fsp3) is 0.575. The van der Waals surface area contributed by atoms with E-state index in [1.54, 1.807) is 0 Å². The second-order valence-electron chi connectivity index (χ2n) is 15.2. The first kappa shape index (κ1) is 37.7. The number of likely N-dealkylation sites (tertiary alicyclic amines) is 1. The first-order chi connectivity index (χ1) is 21.8. The lowest BCUT2D eigenvalue weighted by molar-refractivity contribution is -0.0845. The summed E-state index contributed by atoms with van der Waals surface area (Å²) >= 11 is 0. The van der Waals surface area contributed by atoms with Crippen LogP contribution in [-0.4, -0.2) is 49.6 Å². The number of hydrogen-bond donors (Lipinski definition) is 1. The summed E-state index contributed by atoms with van der Waals surface area (Å²) in [6.07, 6.45) is 2.57. The molecule has 1 aromatic heterocycles. The summed E-state index contributed by atoms with van der Waals surface area (Å²) in [5, 5.41) is 18.3. The van der Waals surface area contributed by atoms with Gasteiger partial charge in [-0.15, -0.1) is 0 Å². The zero-order chi connectivity index (χ0) is 36.0. The van der Waals surface area contributed by atoms with Crippen LogP contribution < -0.4 is 4.74 Å². The number of carbonyl (C=O) groups excluding carboxylic acids is 1. The number of nitrogens with zero attached hydrogens (tertiary/aromatic N) is 4. The number of nitriles is 1. The van der Waals surface area contributed by atoms with Crippen molar-refractivity contribution in [2.24, 2.45) is 21.7 Å². The number of aromatic nitrogens is 2. The summed E-state index contributed by atoms with van der Waals surface area (Å²) < 4.78 is 6.19. The van der Waals surface area contributed by atoms with E-state index in [0.29, 0.717) is 17.1 Å². The maximum atomic E-state index is 14.8. The summed E-state index contributed by atoms with van der Waals surface area (Å²) in [6, 6.07) is 19.1. The largest absolute Gasteiger partial charge is 0.457 e. The monoisotopic (exact) mass is 641 g/mol. The molecule has 47 heavy (non-hydrogen) atoms. The SMILES string of the molecule is CC.CC.CN(C(=O)c1cc(-c2ccccc2Oc2ccccc2)n[nH]1)[C@@]12C(C)(C)N(C#N)C(C)(C)[C@]1(C)C(C)(C)C(C)(C)C2(C)C. The zero-order valence-corrected chi connectivity index (χ0v) is 31.9. The summed E-state index contributed by atoms with van der Waals surface area (Å²) in [4.78, 5) is 18.7. The van der Waals surface area contributed by atoms with Crippen molar-refractivity contribution in [2.45, 2.75) is 120 Å². The average Bonchev–Trinajstić information content (AvgIpc) is 3.58. The van der Waals surface area contributed by atoms with E-state index < -0.39 is 27.4 Å². The molecule has 3 aromatic rings. The number of carbonyl (C=O) groups is 1. The Kier molecular flexibility index (Phi) is 9.89. The van der Waals surface area contributed by atoms with Crippen LogP contribution >= 0.6 is 0 Å². The highest BCUT2D eigenvalue weighted by molar-refractivity contribution is 5.94. The Morgan fingerprint density at radius 2 is 1.32 bits per heavy atom. The topological polar surface area (TPSA) is 85.2 Å². The molecule has 0 unspecified atom stereocenters. The predicted octanol–water partition coefficient (Wildman–Crippen LogP) is 10.2. The van der Waals surface area contributed by atoms with Crippen LogP contribution in [0.25, 0.3) is 11.3 Å². The maximum Gasteiger partial charge on any atom is 0.272 e. The van der Waals surface area contributed by atoms with E-state index in [0.717, 1.165) is 11.3 Å². The molecule has 1 saturated carbocycles. The van der Waals surface area contributed by atoms with Crippen molar-refractivity contribution in [3.05, 3.63) is 66.4 Å². The van der Waals surface area contributed by atoms with E-state index in [1.165, 1.54) is 0 Å². The summed E-state index contributed by atoms with van der Waals surface area (Å²) in [7, 11) is 1.92. The third-order valence-corrected chi connectivity index (χ3v) is 13.1. The maximum absolute atomic E-state index is 14.8. The lowest BCUT2D eigenvalue weighted by atomic mass is 9.50. The third kappa shape index (κ3) is 4.50. The predicted molar refractivity (Wildman–Crippen MR) is 193 cm³/mol. The quantitative estimate of drug-likeness (QED) is 0.280. The minimum absolute atomic E-state index is 0.156. The number of hydrogen-bond acceptors (Lipinski definition) is 5. The van der Waals surface area contributed by atoms with Crippen molar-refractivity contribution in [3.63, 3.8) is 0 Å². The molecule has 1 amide bonds. The molecule has 2 atom stereocenters. The Labute approximate surface area is 284 Å². The number of ether oxygens (including phenoxy) is 1. The molecule has 1 saturated heterocycles. The Hall–Kier alpha value is -3.79. The molecule has 2 fully saturated rings. The molecule has 7 heteroatoms. The molecule has 2 aliphatic rings. The van der Waals surface area contributed by atoms with Crippen LogP contribution in [0.1, 0.15) is 114 Å². The molecular formula is C40H59N5O2. The van der Waals surface area contributed by atoms with Crippen molar-refractivity contribution in [1.82, 2.24) is 20.0 Å².